The van der Waals surface area contributed by atoms with Crippen molar-refractivity contribution in [2.24, 2.45) is 17.3 Å². The maximum absolute atomic E-state index is 12.6. The van der Waals surface area contributed by atoms with Crippen LogP contribution in [-0.4, -0.2) is 34.1 Å². The van der Waals surface area contributed by atoms with Gasteiger partial charge in [-0.15, -0.1) is 0 Å². The van der Waals surface area contributed by atoms with Gasteiger partial charge in [0.2, 0.25) is 5.78 Å². The molecule has 1 heterocycles. The number of aromatic nitrogens is 1. The second-order valence-electron chi connectivity index (χ2n) is 7.55. The van der Waals surface area contributed by atoms with Crippen LogP contribution in [0.1, 0.15) is 49.0 Å². The third-order valence-corrected chi connectivity index (χ3v) is 5.70. The molecule has 1 aromatic heterocycles. The van der Waals surface area contributed by atoms with E-state index in [0.29, 0.717) is 24.0 Å². The lowest BCUT2D eigenvalue weighted by Crippen LogP contribution is -2.58. The zero-order valence-electron chi connectivity index (χ0n) is 12.5. The first-order valence-corrected chi connectivity index (χ1v) is 8.04. The number of hydrogen-bond donors (Lipinski definition) is 2. The van der Waals surface area contributed by atoms with Gasteiger partial charge in [0.15, 0.2) is 6.61 Å². The van der Waals surface area contributed by atoms with Gasteiger partial charge < -0.3 is 14.8 Å². The van der Waals surface area contributed by atoms with Gasteiger partial charge in [-0.1, -0.05) is 0 Å². The van der Waals surface area contributed by atoms with E-state index < -0.39 is 11.0 Å². The minimum Gasteiger partial charge on any atom is -0.457 e. The fraction of sp³-hybridized carbons (Fsp3) is 0.647. The van der Waals surface area contributed by atoms with Gasteiger partial charge in [-0.05, 0) is 62.5 Å². The molecule has 0 saturated heterocycles. The van der Waals surface area contributed by atoms with Crippen molar-refractivity contribution in [3.05, 3.63) is 24.0 Å². The lowest BCUT2D eigenvalue weighted by atomic mass is 9.48. The average Bonchev–Trinajstić information content (AvgIpc) is 2.95. The summed E-state index contributed by atoms with van der Waals surface area (Å²) in [7, 11) is 0. The van der Waals surface area contributed by atoms with Crippen molar-refractivity contribution in [1.29, 1.82) is 0 Å². The number of carbonyl (C=O) groups is 2. The molecule has 0 aliphatic heterocycles. The Balaban J connectivity index is 1.45. The van der Waals surface area contributed by atoms with Gasteiger partial charge in [0.1, 0.15) is 0 Å². The van der Waals surface area contributed by atoms with E-state index >= 15 is 0 Å². The van der Waals surface area contributed by atoms with Crippen LogP contribution in [-0.2, 0) is 9.53 Å². The van der Waals surface area contributed by atoms with Gasteiger partial charge in [0.25, 0.3) is 0 Å². The van der Waals surface area contributed by atoms with Gasteiger partial charge in [0, 0.05) is 6.20 Å². The zero-order valence-corrected chi connectivity index (χ0v) is 12.5. The maximum atomic E-state index is 12.6. The minimum atomic E-state index is -0.688. The van der Waals surface area contributed by atoms with Crippen LogP contribution in [0, 0.1) is 17.3 Å². The summed E-state index contributed by atoms with van der Waals surface area (Å²) >= 11 is 0. The number of aromatic amines is 1. The van der Waals surface area contributed by atoms with Crippen molar-refractivity contribution < 1.29 is 19.4 Å². The van der Waals surface area contributed by atoms with Crippen LogP contribution in [0.15, 0.2) is 18.3 Å². The second kappa shape index (κ2) is 4.69. The van der Waals surface area contributed by atoms with Crippen LogP contribution >= 0.6 is 0 Å². The lowest BCUT2D eigenvalue weighted by molar-refractivity contribution is -0.195. The number of aliphatic hydroxyl groups is 1. The Morgan fingerprint density at radius 1 is 1.27 bits per heavy atom. The molecule has 5 nitrogen and oxygen atoms in total. The highest BCUT2D eigenvalue weighted by Gasteiger charge is 2.60. The van der Waals surface area contributed by atoms with Crippen molar-refractivity contribution in [3.63, 3.8) is 0 Å². The van der Waals surface area contributed by atoms with E-state index in [1.54, 1.807) is 18.3 Å². The molecule has 4 aliphatic carbocycles. The van der Waals surface area contributed by atoms with Crippen LogP contribution in [0.3, 0.4) is 0 Å². The molecule has 5 heteroatoms. The van der Waals surface area contributed by atoms with Gasteiger partial charge >= 0.3 is 5.97 Å². The highest BCUT2D eigenvalue weighted by Crippen LogP contribution is 2.61. The Morgan fingerprint density at radius 2 is 2.00 bits per heavy atom. The molecule has 0 unspecified atom stereocenters. The van der Waals surface area contributed by atoms with E-state index in [1.165, 1.54) is 0 Å². The highest BCUT2D eigenvalue weighted by molar-refractivity contribution is 5.96. The first-order valence-electron chi connectivity index (χ1n) is 8.04. The number of H-pyrrole nitrogens is 1. The molecule has 5 rings (SSSR count). The summed E-state index contributed by atoms with van der Waals surface area (Å²) in [5.74, 6) is 0.345. The molecule has 4 fully saturated rings. The van der Waals surface area contributed by atoms with Crippen molar-refractivity contribution in [3.8, 4) is 0 Å². The molecule has 0 spiro atoms. The normalized spacial score (nSPS) is 39.0. The highest BCUT2D eigenvalue weighted by atomic mass is 16.5. The Kier molecular flexibility index (Phi) is 2.98. The van der Waals surface area contributed by atoms with E-state index in [9.17, 15) is 14.7 Å². The predicted molar refractivity (Wildman–Crippen MR) is 78.1 cm³/mol. The number of ketones is 1. The molecule has 118 valence electrons. The lowest BCUT2D eigenvalue weighted by Gasteiger charge is -2.58. The predicted octanol–water partition coefficient (Wildman–Crippen LogP) is 2.07. The average molecular weight is 303 g/mol. The van der Waals surface area contributed by atoms with Crippen LogP contribution in [0.4, 0.5) is 0 Å². The SMILES string of the molecule is O=C(COC(=O)C12C[C@H]3C[C@@H](CC(O)(C3)C1)C2)c1ccc[nH]1. The smallest absolute Gasteiger partial charge is 0.312 e. The number of nitrogens with one attached hydrogen (secondary N) is 1. The summed E-state index contributed by atoms with van der Waals surface area (Å²) < 4.78 is 5.34. The van der Waals surface area contributed by atoms with Gasteiger partial charge in [0.05, 0.1) is 16.7 Å². The Bertz CT molecular complexity index is 592. The summed E-state index contributed by atoms with van der Waals surface area (Å²) in [5.41, 5.74) is -0.793. The van der Waals surface area contributed by atoms with E-state index in [4.69, 9.17) is 4.74 Å². The molecule has 0 radical (unpaired) electrons. The fourth-order valence-electron chi connectivity index (χ4n) is 5.32. The third kappa shape index (κ3) is 2.19. The molecular formula is C17H21NO4. The van der Waals surface area contributed by atoms with Gasteiger partial charge in [-0.3, -0.25) is 9.59 Å². The molecule has 1 aromatic rings. The quantitative estimate of drug-likeness (QED) is 0.659. The monoisotopic (exact) mass is 303 g/mol. The number of Topliss-reactive ketones (excluding diaryl/α,β-unsaturated/α-hetero) is 1. The first-order chi connectivity index (χ1) is 10.5. The number of hydrogen-bond acceptors (Lipinski definition) is 4. The molecular weight excluding hydrogens is 282 g/mol. The summed E-state index contributed by atoms with van der Waals surface area (Å²) in [6.07, 6.45) is 6.55. The molecule has 4 saturated carbocycles. The van der Waals surface area contributed by atoms with Gasteiger partial charge in [-0.25, -0.2) is 0 Å². The molecule has 2 N–H and O–H groups in total. The summed E-state index contributed by atoms with van der Waals surface area (Å²) in [6, 6.07) is 3.41. The topological polar surface area (TPSA) is 79.4 Å². The first kappa shape index (κ1) is 14.0. The molecule has 4 aliphatic rings. The largest absolute Gasteiger partial charge is 0.457 e. The van der Waals surface area contributed by atoms with Crippen molar-refractivity contribution in [1.82, 2.24) is 4.98 Å². The molecule has 0 amide bonds. The Hall–Kier alpha value is -1.62. The number of rotatable bonds is 4. The second-order valence-corrected chi connectivity index (χ2v) is 7.55. The summed E-state index contributed by atoms with van der Waals surface area (Å²) in [4.78, 5) is 27.4. The van der Waals surface area contributed by atoms with E-state index in [0.717, 1.165) is 32.1 Å². The van der Waals surface area contributed by atoms with E-state index in [1.807, 2.05) is 0 Å². The molecule has 22 heavy (non-hydrogen) atoms. The maximum Gasteiger partial charge on any atom is 0.312 e. The fourth-order valence-corrected chi connectivity index (χ4v) is 5.32. The minimum absolute atomic E-state index is 0.221. The van der Waals surface area contributed by atoms with Crippen molar-refractivity contribution in [2.45, 2.75) is 44.1 Å². The van der Waals surface area contributed by atoms with Crippen molar-refractivity contribution >= 4 is 11.8 Å². The molecule has 2 atom stereocenters. The van der Waals surface area contributed by atoms with Crippen LogP contribution in [0.25, 0.3) is 0 Å². The molecule has 4 bridgehead atoms. The van der Waals surface area contributed by atoms with Crippen LogP contribution in [0.5, 0.6) is 0 Å². The van der Waals surface area contributed by atoms with Crippen LogP contribution < -0.4 is 0 Å². The third-order valence-electron chi connectivity index (χ3n) is 5.70. The summed E-state index contributed by atoms with van der Waals surface area (Å²) in [5, 5.41) is 10.7. The zero-order chi connectivity index (χ0) is 15.4. The van der Waals surface area contributed by atoms with E-state index in [2.05, 4.69) is 4.98 Å². The Morgan fingerprint density at radius 3 is 2.59 bits per heavy atom. The number of ether oxygens (including phenoxy) is 1. The Labute approximate surface area is 129 Å². The number of carbonyl (C=O) groups excluding carboxylic acids is 2. The summed E-state index contributed by atoms with van der Waals surface area (Å²) in [6.45, 7) is -0.227. The van der Waals surface area contributed by atoms with Crippen molar-refractivity contribution in [2.75, 3.05) is 6.61 Å². The number of esters is 1. The standard InChI is InChI=1S/C17H21NO4/c19-14(13-2-1-3-18-13)9-22-15(20)16-5-11-4-12(6-16)8-17(21,7-11)10-16/h1-3,11-12,18,21H,4-10H2/t11-,12-,16?,17?/m1/s1. The molecule has 0 aromatic carbocycles. The van der Waals surface area contributed by atoms with Gasteiger partial charge in [-0.2, -0.15) is 0 Å². The van der Waals surface area contributed by atoms with E-state index in [-0.39, 0.29) is 18.4 Å². The van der Waals surface area contributed by atoms with Crippen LogP contribution in [0.2, 0.25) is 0 Å².